The van der Waals surface area contributed by atoms with Crippen LogP contribution in [0.3, 0.4) is 0 Å². The lowest BCUT2D eigenvalue weighted by Crippen LogP contribution is -2.52. The topological polar surface area (TPSA) is 70.3 Å². The molecule has 4 heterocycles. The number of benzene rings is 1. The Hall–Kier alpha value is -1.93. The largest absolute Gasteiger partial charge is 0.395 e. The van der Waals surface area contributed by atoms with Gasteiger partial charge in [0.15, 0.2) is 5.65 Å². The Balaban J connectivity index is 1.41. The second kappa shape index (κ2) is 9.61. The lowest BCUT2D eigenvalue weighted by atomic mass is 9.92. The molecule has 0 spiro atoms. The second-order valence-electron chi connectivity index (χ2n) is 9.77. The fraction of sp³-hybridized carbons (Fsp3) is 0.560. The predicted molar refractivity (Wildman–Crippen MR) is 137 cm³/mol. The van der Waals surface area contributed by atoms with Gasteiger partial charge in [-0.15, -0.1) is 0 Å². The first-order valence-electron chi connectivity index (χ1n) is 12.2. The van der Waals surface area contributed by atoms with E-state index in [1.54, 1.807) is 6.07 Å². The minimum Gasteiger partial charge on any atom is -0.395 e. The zero-order chi connectivity index (χ0) is 24.0. The van der Waals surface area contributed by atoms with Crippen molar-refractivity contribution < 1.29 is 5.11 Å². The van der Waals surface area contributed by atoms with Gasteiger partial charge < -0.3 is 10.0 Å². The maximum atomic E-state index is 9.78. The Bertz CT molecular complexity index is 1180. The number of anilines is 1. The number of nitrogens with zero attached hydrogens (tertiary/aromatic N) is 6. The van der Waals surface area contributed by atoms with Gasteiger partial charge in [-0.25, -0.2) is 14.6 Å². The van der Waals surface area contributed by atoms with Crippen molar-refractivity contribution in [3.8, 4) is 0 Å². The number of hydrogen-bond donors (Lipinski definition) is 1. The number of piperidine rings is 1. The van der Waals surface area contributed by atoms with Gasteiger partial charge in [-0.1, -0.05) is 36.2 Å². The quantitative estimate of drug-likeness (QED) is 0.544. The van der Waals surface area contributed by atoms with Crippen LogP contribution in [0.2, 0.25) is 10.0 Å². The maximum Gasteiger partial charge on any atom is 0.179 e. The van der Waals surface area contributed by atoms with E-state index < -0.39 is 0 Å². The molecule has 9 heteroatoms. The van der Waals surface area contributed by atoms with Gasteiger partial charge in [0.25, 0.3) is 0 Å². The molecule has 2 saturated heterocycles. The number of aryl methyl sites for hydroxylation is 1. The summed E-state index contributed by atoms with van der Waals surface area (Å²) >= 11 is 12.6. The van der Waals surface area contributed by atoms with E-state index in [2.05, 4.69) is 23.6 Å². The minimum absolute atomic E-state index is 0.110. The molecule has 0 saturated carbocycles. The molecule has 2 aromatic heterocycles. The van der Waals surface area contributed by atoms with Crippen molar-refractivity contribution in [1.82, 2.24) is 24.6 Å². The monoisotopic (exact) mass is 502 g/mol. The molecule has 0 amide bonds. The van der Waals surface area contributed by atoms with E-state index >= 15 is 0 Å². The van der Waals surface area contributed by atoms with E-state index in [0.29, 0.717) is 28.0 Å². The zero-order valence-electron chi connectivity index (χ0n) is 20.0. The summed E-state index contributed by atoms with van der Waals surface area (Å²) in [4.78, 5) is 14.7. The zero-order valence-corrected chi connectivity index (χ0v) is 21.5. The Labute approximate surface area is 210 Å². The van der Waals surface area contributed by atoms with Crippen LogP contribution in [0.1, 0.15) is 50.4 Å². The highest BCUT2D eigenvalue weighted by Gasteiger charge is 2.36. The van der Waals surface area contributed by atoms with Gasteiger partial charge in [0, 0.05) is 35.2 Å². The standard InChI is InChI=1S/C25H32Cl2N6O/c1-15-13-31(10-8-22(15)32-9-4-5-19(32)14-34)23-12-28-24-16(2)30-33(25(24)29-23)17(3)20-7-6-18(26)11-21(20)27/h6-7,11-12,15,17,19,22,34H,4-5,8-10,13-14H2,1-3H3/t15-,17+,19-,22?/m0/s1. The number of aromatic nitrogens is 4. The molecule has 1 aromatic carbocycles. The van der Waals surface area contributed by atoms with Crippen LogP contribution in [0.25, 0.3) is 11.2 Å². The molecule has 1 unspecified atom stereocenters. The van der Waals surface area contributed by atoms with Crippen molar-refractivity contribution in [3.63, 3.8) is 0 Å². The van der Waals surface area contributed by atoms with Gasteiger partial charge in [0.1, 0.15) is 11.3 Å². The molecule has 1 N–H and O–H groups in total. The molecule has 34 heavy (non-hydrogen) atoms. The molecule has 182 valence electrons. The molecule has 2 aliphatic heterocycles. The van der Waals surface area contributed by atoms with Crippen LogP contribution < -0.4 is 4.90 Å². The minimum atomic E-state index is -0.110. The molecule has 7 nitrogen and oxygen atoms in total. The Morgan fingerprint density at radius 3 is 2.76 bits per heavy atom. The van der Waals surface area contributed by atoms with E-state index in [1.165, 1.54) is 6.42 Å². The first-order chi connectivity index (χ1) is 16.4. The van der Waals surface area contributed by atoms with Crippen molar-refractivity contribution >= 4 is 40.2 Å². The van der Waals surface area contributed by atoms with E-state index in [9.17, 15) is 5.11 Å². The first-order valence-corrected chi connectivity index (χ1v) is 12.9. The molecule has 2 aliphatic rings. The molecular formula is C25H32Cl2N6O. The van der Waals surface area contributed by atoms with Gasteiger partial charge in [0.2, 0.25) is 0 Å². The fourth-order valence-electron chi connectivity index (χ4n) is 5.76. The van der Waals surface area contributed by atoms with Crippen LogP contribution in [0.5, 0.6) is 0 Å². The number of likely N-dealkylation sites (tertiary alicyclic amines) is 1. The summed E-state index contributed by atoms with van der Waals surface area (Å²) in [7, 11) is 0. The summed E-state index contributed by atoms with van der Waals surface area (Å²) in [5.41, 5.74) is 3.37. The van der Waals surface area contributed by atoms with Crippen LogP contribution in [0.4, 0.5) is 5.82 Å². The molecule has 0 aliphatic carbocycles. The number of hydrogen-bond acceptors (Lipinski definition) is 6. The van der Waals surface area contributed by atoms with E-state index in [4.69, 9.17) is 38.3 Å². The van der Waals surface area contributed by atoms with Gasteiger partial charge in [-0.3, -0.25) is 4.90 Å². The normalized spacial score (nSPS) is 24.8. The number of rotatable bonds is 5. The number of fused-ring (bicyclic) bond motifs is 1. The molecule has 3 aromatic rings. The third kappa shape index (κ3) is 4.28. The molecule has 4 atom stereocenters. The van der Waals surface area contributed by atoms with Crippen molar-refractivity contribution in [1.29, 1.82) is 0 Å². The average molecular weight is 503 g/mol. The van der Waals surface area contributed by atoms with Gasteiger partial charge in [-0.2, -0.15) is 5.10 Å². The fourth-order valence-corrected chi connectivity index (χ4v) is 6.33. The third-order valence-electron chi connectivity index (χ3n) is 7.58. The molecule has 0 radical (unpaired) electrons. The summed E-state index contributed by atoms with van der Waals surface area (Å²) in [5, 5.41) is 15.8. The SMILES string of the molecule is Cc1nn([C@H](C)c2ccc(Cl)cc2Cl)c2nc(N3CCC(N4CCC[C@H]4CO)[C@@H](C)C3)cnc12. The summed E-state index contributed by atoms with van der Waals surface area (Å²) in [6.07, 6.45) is 5.22. The maximum absolute atomic E-state index is 9.78. The van der Waals surface area contributed by atoms with Gasteiger partial charge in [0.05, 0.1) is 24.5 Å². The first kappa shape index (κ1) is 23.8. The summed E-state index contributed by atoms with van der Waals surface area (Å²) in [6.45, 7) is 9.54. The van der Waals surface area contributed by atoms with E-state index in [0.717, 1.165) is 60.7 Å². The van der Waals surface area contributed by atoms with Crippen LogP contribution in [0, 0.1) is 12.8 Å². The number of halogens is 2. The van der Waals surface area contributed by atoms with Gasteiger partial charge >= 0.3 is 0 Å². The molecular weight excluding hydrogens is 471 g/mol. The summed E-state index contributed by atoms with van der Waals surface area (Å²) in [6, 6.07) is 6.27. The molecule has 0 bridgehead atoms. The predicted octanol–water partition coefficient (Wildman–Crippen LogP) is 4.72. The van der Waals surface area contributed by atoms with Crippen molar-refractivity contribution in [2.45, 2.75) is 58.2 Å². The summed E-state index contributed by atoms with van der Waals surface area (Å²) < 4.78 is 1.92. The Morgan fingerprint density at radius 2 is 2.03 bits per heavy atom. The number of aliphatic hydroxyl groups excluding tert-OH is 1. The third-order valence-corrected chi connectivity index (χ3v) is 8.14. The lowest BCUT2D eigenvalue weighted by molar-refractivity contribution is 0.0800. The van der Waals surface area contributed by atoms with Crippen LogP contribution in [0.15, 0.2) is 24.4 Å². The van der Waals surface area contributed by atoms with Crippen molar-refractivity contribution in [3.05, 3.63) is 45.7 Å². The Kier molecular flexibility index (Phi) is 6.73. The average Bonchev–Trinajstić information content (AvgIpc) is 3.42. The Morgan fingerprint density at radius 1 is 1.21 bits per heavy atom. The molecule has 5 rings (SSSR count). The highest BCUT2D eigenvalue weighted by Crippen LogP contribution is 2.33. The second-order valence-corrected chi connectivity index (χ2v) is 10.6. The van der Waals surface area contributed by atoms with Crippen LogP contribution in [-0.2, 0) is 0 Å². The van der Waals surface area contributed by atoms with Crippen molar-refractivity contribution in [2.75, 3.05) is 31.1 Å². The van der Waals surface area contributed by atoms with Crippen LogP contribution in [-0.4, -0.2) is 68.1 Å². The lowest BCUT2D eigenvalue weighted by Gasteiger charge is -2.43. The van der Waals surface area contributed by atoms with Crippen LogP contribution >= 0.6 is 23.2 Å². The van der Waals surface area contributed by atoms with E-state index in [1.807, 2.05) is 29.9 Å². The van der Waals surface area contributed by atoms with Crippen molar-refractivity contribution in [2.24, 2.45) is 5.92 Å². The van der Waals surface area contributed by atoms with Gasteiger partial charge in [-0.05, 0) is 63.3 Å². The smallest absolute Gasteiger partial charge is 0.179 e. The van der Waals surface area contributed by atoms with E-state index in [-0.39, 0.29) is 12.6 Å². The highest BCUT2D eigenvalue weighted by molar-refractivity contribution is 6.35. The molecule has 2 fully saturated rings. The highest BCUT2D eigenvalue weighted by atomic mass is 35.5. The summed E-state index contributed by atoms with van der Waals surface area (Å²) in [5.74, 6) is 1.37. The number of aliphatic hydroxyl groups is 1.